The number of nitrogens with two attached hydrogens (primary N) is 1. The summed E-state index contributed by atoms with van der Waals surface area (Å²) in [6, 6.07) is 3.75. The molecule has 0 heterocycles. The molecule has 2 rings (SSSR count). The van der Waals surface area contributed by atoms with E-state index in [1.807, 2.05) is 12.1 Å². The van der Waals surface area contributed by atoms with Gasteiger partial charge in [-0.25, -0.2) is 0 Å². The number of hydrogen-bond donors (Lipinski definition) is 1. The molecule has 1 fully saturated rings. The summed E-state index contributed by atoms with van der Waals surface area (Å²) in [5.41, 5.74) is 7.87. The van der Waals surface area contributed by atoms with Crippen LogP contribution in [0.3, 0.4) is 0 Å². The fourth-order valence-corrected chi connectivity index (χ4v) is 4.44. The molecule has 1 saturated carbocycles. The van der Waals surface area contributed by atoms with Gasteiger partial charge in [-0.05, 0) is 52.2 Å². The van der Waals surface area contributed by atoms with Gasteiger partial charge in [0.15, 0.2) is 0 Å². The Balaban J connectivity index is 2.39. The van der Waals surface area contributed by atoms with Crippen molar-refractivity contribution in [3.05, 3.63) is 27.2 Å². The van der Waals surface area contributed by atoms with E-state index in [0.29, 0.717) is 10.9 Å². The highest BCUT2D eigenvalue weighted by Gasteiger charge is 2.37. The molecule has 1 aromatic rings. The number of hydrogen-bond acceptors (Lipinski definition) is 2. The van der Waals surface area contributed by atoms with Gasteiger partial charge in [-0.1, -0.05) is 38.3 Å². The van der Waals surface area contributed by atoms with Crippen molar-refractivity contribution in [1.82, 2.24) is 0 Å². The van der Waals surface area contributed by atoms with Crippen molar-refractivity contribution in [1.29, 1.82) is 0 Å². The first-order valence-electron chi connectivity index (χ1n) is 7.15. The SMILES string of the molecule is COc1c(Br)cc(Cl)cc1C(N)C1CCCCC1(C)C. The van der Waals surface area contributed by atoms with Gasteiger partial charge in [0.1, 0.15) is 5.75 Å². The minimum atomic E-state index is -0.0461. The molecular weight excluding hydrogens is 338 g/mol. The summed E-state index contributed by atoms with van der Waals surface area (Å²) in [4.78, 5) is 0. The molecule has 1 aromatic carbocycles. The van der Waals surface area contributed by atoms with E-state index in [1.165, 1.54) is 25.7 Å². The smallest absolute Gasteiger partial charge is 0.137 e. The lowest BCUT2D eigenvalue weighted by Gasteiger charge is -2.42. The Hall–Kier alpha value is -0.250. The van der Waals surface area contributed by atoms with E-state index in [4.69, 9.17) is 22.1 Å². The van der Waals surface area contributed by atoms with Crippen molar-refractivity contribution in [2.45, 2.75) is 45.6 Å². The zero-order valence-electron chi connectivity index (χ0n) is 12.4. The van der Waals surface area contributed by atoms with Gasteiger partial charge < -0.3 is 10.5 Å². The molecule has 0 aliphatic heterocycles. The van der Waals surface area contributed by atoms with E-state index in [2.05, 4.69) is 29.8 Å². The Morgan fingerprint density at radius 2 is 2.10 bits per heavy atom. The number of benzene rings is 1. The molecular formula is C16H23BrClNO. The minimum absolute atomic E-state index is 0.0461. The highest BCUT2D eigenvalue weighted by atomic mass is 79.9. The third kappa shape index (κ3) is 3.15. The minimum Gasteiger partial charge on any atom is -0.495 e. The Kier molecular flexibility index (Phi) is 5.04. The molecule has 0 spiro atoms. The van der Waals surface area contributed by atoms with Crippen molar-refractivity contribution >= 4 is 27.5 Å². The molecule has 20 heavy (non-hydrogen) atoms. The first kappa shape index (κ1) is 16.1. The summed E-state index contributed by atoms with van der Waals surface area (Å²) in [5.74, 6) is 1.26. The van der Waals surface area contributed by atoms with E-state index in [-0.39, 0.29) is 11.5 Å². The first-order valence-corrected chi connectivity index (χ1v) is 8.32. The van der Waals surface area contributed by atoms with Crippen molar-refractivity contribution in [3.63, 3.8) is 0 Å². The third-order valence-electron chi connectivity index (χ3n) is 4.62. The maximum atomic E-state index is 6.60. The van der Waals surface area contributed by atoms with Crippen molar-refractivity contribution in [2.24, 2.45) is 17.1 Å². The second-order valence-electron chi connectivity index (χ2n) is 6.38. The molecule has 2 atom stereocenters. The lowest BCUT2D eigenvalue weighted by Crippen LogP contribution is -2.36. The van der Waals surface area contributed by atoms with Crippen molar-refractivity contribution < 1.29 is 4.74 Å². The van der Waals surface area contributed by atoms with E-state index >= 15 is 0 Å². The van der Waals surface area contributed by atoms with E-state index < -0.39 is 0 Å². The topological polar surface area (TPSA) is 35.2 Å². The fourth-order valence-electron chi connectivity index (χ4n) is 3.45. The molecule has 2 unspecified atom stereocenters. The molecule has 1 aliphatic rings. The molecule has 0 saturated heterocycles. The molecule has 2 nitrogen and oxygen atoms in total. The Morgan fingerprint density at radius 1 is 1.40 bits per heavy atom. The summed E-state index contributed by atoms with van der Waals surface area (Å²) in [6.45, 7) is 4.64. The highest BCUT2D eigenvalue weighted by Crippen LogP contribution is 2.48. The van der Waals surface area contributed by atoms with Crippen LogP contribution in [0.15, 0.2) is 16.6 Å². The van der Waals surface area contributed by atoms with Crippen molar-refractivity contribution in [2.75, 3.05) is 7.11 Å². The lowest BCUT2D eigenvalue weighted by molar-refractivity contribution is 0.111. The molecule has 1 aliphatic carbocycles. The molecule has 112 valence electrons. The van der Waals surface area contributed by atoms with Crippen LogP contribution in [-0.2, 0) is 0 Å². The van der Waals surface area contributed by atoms with Crippen LogP contribution >= 0.6 is 27.5 Å². The lowest BCUT2D eigenvalue weighted by atomic mass is 9.65. The maximum absolute atomic E-state index is 6.60. The van der Waals surface area contributed by atoms with Crippen LogP contribution in [0.2, 0.25) is 5.02 Å². The van der Waals surface area contributed by atoms with Gasteiger partial charge in [0.25, 0.3) is 0 Å². The third-order valence-corrected chi connectivity index (χ3v) is 5.43. The summed E-state index contributed by atoms with van der Waals surface area (Å²) in [5, 5.41) is 0.691. The second kappa shape index (κ2) is 6.25. The predicted molar refractivity (Wildman–Crippen MR) is 88.4 cm³/mol. The van der Waals surface area contributed by atoms with Crippen LogP contribution < -0.4 is 10.5 Å². The zero-order chi connectivity index (χ0) is 14.9. The Morgan fingerprint density at radius 3 is 2.70 bits per heavy atom. The number of rotatable bonds is 3. The van der Waals surface area contributed by atoms with Crippen LogP contribution in [0.1, 0.15) is 51.1 Å². The second-order valence-corrected chi connectivity index (χ2v) is 7.67. The largest absolute Gasteiger partial charge is 0.495 e. The molecule has 0 amide bonds. The van der Waals surface area contributed by atoms with Gasteiger partial charge in [0, 0.05) is 16.6 Å². The molecule has 4 heteroatoms. The van der Waals surface area contributed by atoms with Gasteiger partial charge in [-0.2, -0.15) is 0 Å². The summed E-state index contributed by atoms with van der Waals surface area (Å²) in [7, 11) is 1.68. The number of ether oxygens (including phenoxy) is 1. The molecule has 2 N–H and O–H groups in total. The van der Waals surface area contributed by atoms with E-state index in [0.717, 1.165) is 15.8 Å². The molecule has 0 radical (unpaired) electrons. The standard InChI is InChI=1S/C16H23BrClNO/c1-16(2)7-5-4-6-12(16)14(19)11-8-10(18)9-13(17)15(11)20-3/h8-9,12,14H,4-7,19H2,1-3H3. The van der Waals surface area contributed by atoms with E-state index in [1.54, 1.807) is 7.11 Å². The van der Waals surface area contributed by atoms with Crippen LogP contribution in [-0.4, -0.2) is 7.11 Å². The first-order chi connectivity index (χ1) is 9.36. The normalized spacial score (nSPS) is 23.4. The van der Waals surface area contributed by atoms with Crippen LogP contribution in [0.4, 0.5) is 0 Å². The van der Waals surface area contributed by atoms with Crippen molar-refractivity contribution in [3.8, 4) is 5.75 Å². The summed E-state index contributed by atoms with van der Waals surface area (Å²) < 4.78 is 6.39. The van der Waals surface area contributed by atoms with Crippen LogP contribution in [0.25, 0.3) is 0 Å². The number of methoxy groups -OCH3 is 1. The monoisotopic (exact) mass is 359 g/mol. The average molecular weight is 361 g/mol. The predicted octanol–water partition coefficient (Wildman–Crippen LogP) is 5.33. The average Bonchev–Trinajstić information content (AvgIpc) is 2.36. The highest BCUT2D eigenvalue weighted by molar-refractivity contribution is 9.10. The van der Waals surface area contributed by atoms with Crippen LogP contribution in [0, 0.1) is 11.3 Å². The fraction of sp³-hybridized carbons (Fsp3) is 0.625. The van der Waals surface area contributed by atoms with E-state index in [9.17, 15) is 0 Å². The number of halogens is 2. The summed E-state index contributed by atoms with van der Waals surface area (Å²) >= 11 is 9.71. The van der Waals surface area contributed by atoms with Crippen LogP contribution in [0.5, 0.6) is 5.75 Å². The van der Waals surface area contributed by atoms with Gasteiger partial charge in [-0.3, -0.25) is 0 Å². The molecule has 0 bridgehead atoms. The summed E-state index contributed by atoms with van der Waals surface area (Å²) in [6.07, 6.45) is 4.95. The maximum Gasteiger partial charge on any atom is 0.137 e. The van der Waals surface area contributed by atoms with Gasteiger partial charge >= 0.3 is 0 Å². The van der Waals surface area contributed by atoms with Gasteiger partial charge in [0.05, 0.1) is 11.6 Å². The Bertz CT molecular complexity index is 490. The molecule has 0 aromatic heterocycles. The Labute approximate surface area is 135 Å². The quantitative estimate of drug-likeness (QED) is 0.791. The van der Waals surface area contributed by atoms with Gasteiger partial charge in [-0.15, -0.1) is 0 Å². The zero-order valence-corrected chi connectivity index (χ0v) is 14.7. The van der Waals surface area contributed by atoms with Gasteiger partial charge in [0.2, 0.25) is 0 Å².